The van der Waals surface area contributed by atoms with Crippen molar-refractivity contribution in [3.8, 4) is 0 Å². The van der Waals surface area contributed by atoms with Gasteiger partial charge in [0.25, 0.3) is 0 Å². The largest absolute Gasteiger partial charge is 0.478 e. The molecule has 0 amide bonds. The zero-order valence-electron chi connectivity index (χ0n) is 13.6. The van der Waals surface area contributed by atoms with E-state index in [0.29, 0.717) is 22.5 Å². The maximum absolute atomic E-state index is 12.8. The van der Waals surface area contributed by atoms with E-state index >= 15 is 0 Å². The van der Waals surface area contributed by atoms with Gasteiger partial charge in [-0.2, -0.15) is 0 Å². The smallest absolute Gasteiger partial charge is 0.238 e. The standard InChI is InChI=1S/C18H16ClNO4S/c1-18(2)17(21)15(11-6-4-3-5-7-11)16(24-18)13-9-8-12(10-14(13)19)25(20,22)23/h3-10H,1-2H3,(H2,20,22,23). The molecule has 0 aromatic heterocycles. The van der Waals surface area contributed by atoms with E-state index in [2.05, 4.69) is 0 Å². The van der Waals surface area contributed by atoms with Gasteiger partial charge >= 0.3 is 0 Å². The van der Waals surface area contributed by atoms with Crippen molar-refractivity contribution in [2.24, 2.45) is 5.14 Å². The first kappa shape index (κ1) is 17.7. The van der Waals surface area contributed by atoms with E-state index in [1.165, 1.54) is 18.2 Å². The van der Waals surface area contributed by atoms with E-state index in [1.54, 1.807) is 13.8 Å². The summed E-state index contributed by atoms with van der Waals surface area (Å²) in [7, 11) is -3.87. The number of hydrogen-bond donors (Lipinski definition) is 1. The van der Waals surface area contributed by atoms with Crippen molar-refractivity contribution in [2.45, 2.75) is 24.3 Å². The molecule has 0 fully saturated rings. The minimum atomic E-state index is -3.87. The Morgan fingerprint density at radius 1 is 1.08 bits per heavy atom. The number of benzene rings is 2. The molecule has 0 radical (unpaired) electrons. The van der Waals surface area contributed by atoms with Gasteiger partial charge in [0.1, 0.15) is 5.76 Å². The molecule has 0 aliphatic carbocycles. The van der Waals surface area contributed by atoms with Gasteiger partial charge in [-0.1, -0.05) is 41.9 Å². The Balaban J connectivity index is 2.22. The van der Waals surface area contributed by atoms with Gasteiger partial charge in [-0.25, -0.2) is 13.6 Å². The molecule has 5 nitrogen and oxygen atoms in total. The summed E-state index contributed by atoms with van der Waals surface area (Å²) in [5.74, 6) is 0.160. The number of ether oxygens (including phenoxy) is 1. The van der Waals surface area contributed by atoms with Crippen molar-refractivity contribution in [1.82, 2.24) is 0 Å². The lowest BCUT2D eigenvalue weighted by molar-refractivity contribution is -0.125. The number of rotatable bonds is 3. The summed E-state index contributed by atoms with van der Waals surface area (Å²) in [4.78, 5) is 12.7. The monoisotopic (exact) mass is 377 g/mol. The second-order valence-electron chi connectivity index (χ2n) is 6.20. The number of halogens is 1. The minimum absolute atomic E-state index is 0.105. The molecular formula is C18H16ClNO4S. The second kappa shape index (κ2) is 5.98. The van der Waals surface area contributed by atoms with Crippen LogP contribution >= 0.6 is 11.6 Å². The first-order valence-corrected chi connectivity index (χ1v) is 9.40. The predicted molar refractivity (Wildman–Crippen MR) is 96.3 cm³/mol. The lowest BCUT2D eigenvalue weighted by Gasteiger charge is -2.18. The number of carbonyl (C=O) groups is 1. The highest BCUT2D eigenvalue weighted by molar-refractivity contribution is 7.89. The van der Waals surface area contributed by atoms with E-state index in [-0.39, 0.29) is 15.7 Å². The van der Waals surface area contributed by atoms with Gasteiger partial charge < -0.3 is 4.74 Å². The molecule has 130 valence electrons. The maximum atomic E-state index is 12.8. The summed E-state index contributed by atoms with van der Waals surface area (Å²) < 4.78 is 28.8. The van der Waals surface area contributed by atoms with Crippen molar-refractivity contribution in [2.75, 3.05) is 0 Å². The summed E-state index contributed by atoms with van der Waals surface area (Å²) in [6.07, 6.45) is 0. The van der Waals surface area contributed by atoms with Crippen molar-refractivity contribution in [1.29, 1.82) is 0 Å². The third kappa shape index (κ3) is 3.20. The van der Waals surface area contributed by atoms with Crippen molar-refractivity contribution < 1.29 is 17.9 Å². The third-order valence-electron chi connectivity index (χ3n) is 3.93. The van der Waals surface area contributed by atoms with Crippen LogP contribution in [0.3, 0.4) is 0 Å². The fraction of sp³-hybridized carbons (Fsp3) is 0.167. The maximum Gasteiger partial charge on any atom is 0.238 e. The van der Waals surface area contributed by atoms with Crippen LogP contribution < -0.4 is 5.14 Å². The number of primary sulfonamides is 1. The van der Waals surface area contributed by atoms with Crippen molar-refractivity contribution >= 4 is 38.7 Å². The molecule has 0 spiro atoms. The Morgan fingerprint density at radius 2 is 1.72 bits per heavy atom. The Morgan fingerprint density at radius 3 is 2.28 bits per heavy atom. The van der Waals surface area contributed by atoms with Crippen molar-refractivity contribution in [3.63, 3.8) is 0 Å². The number of carbonyl (C=O) groups excluding carboxylic acids is 1. The molecular weight excluding hydrogens is 362 g/mol. The van der Waals surface area contributed by atoms with E-state index in [0.717, 1.165) is 0 Å². The zero-order chi connectivity index (χ0) is 18.4. The first-order valence-electron chi connectivity index (χ1n) is 7.47. The summed E-state index contributed by atoms with van der Waals surface area (Å²) >= 11 is 6.26. The van der Waals surface area contributed by atoms with Gasteiger partial charge in [0.15, 0.2) is 5.60 Å². The van der Waals surface area contributed by atoms with Gasteiger partial charge in [0, 0.05) is 5.56 Å². The molecule has 2 aromatic rings. The minimum Gasteiger partial charge on any atom is -0.478 e. The molecule has 0 saturated carbocycles. The van der Waals surface area contributed by atoms with Gasteiger partial charge in [0.2, 0.25) is 15.8 Å². The lowest BCUT2D eigenvalue weighted by Crippen LogP contribution is -2.29. The summed E-state index contributed by atoms with van der Waals surface area (Å²) in [6.45, 7) is 3.36. The van der Waals surface area contributed by atoms with Gasteiger partial charge in [0.05, 0.1) is 15.5 Å². The summed E-state index contributed by atoms with van der Waals surface area (Å²) in [6, 6.07) is 13.2. The number of sulfonamides is 1. The SMILES string of the molecule is CC1(C)OC(c2ccc(S(N)(=O)=O)cc2Cl)=C(c2ccccc2)C1=O. The molecule has 25 heavy (non-hydrogen) atoms. The number of ketones is 1. The molecule has 7 heteroatoms. The first-order chi connectivity index (χ1) is 11.6. The fourth-order valence-corrected chi connectivity index (χ4v) is 3.54. The van der Waals surface area contributed by atoms with E-state index in [1.807, 2.05) is 30.3 Å². The average molecular weight is 378 g/mol. The number of Topliss-reactive ketones (excluding diaryl/α,β-unsaturated/α-hetero) is 1. The molecule has 1 heterocycles. The molecule has 1 aliphatic heterocycles. The van der Waals surface area contributed by atoms with Crippen LogP contribution in [-0.2, 0) is 19.6 Å². The van der Waals surface area contributed by atoms with Crippen LogP contribution in [0, 0.1) is 0 Å². The van der Waals surface area contributed by atoms with Crippen LogP contribution in [0.5, 0.6) is 0 Å². The molecule has 0 bridgehead atoms. The Labute approximate surface area is 151 Å². The molecule has 0 saturated heterocycles. The number of nitrogens with two attached hydrogens (primary N) is 1. The van der Waals surface area contributed by atoms with Crippen LogP contribution in [0.4, 0.5) is 0 Å². The summed E-state index contributed by atoms with van der Waals surface area (Å²) in [5, 5.41) is 5.27. The van der Waals surface area contributed by atoms with Crippen LogP contribution in [0.1, 0.15) is 25.0 Å². The Bertz CT molecular complexity index is 995. The van der Waals surface area contributed by atoms with Gasteiger partial charge in [-0.15, -0.1) is 0 Å². The van der Waals surface area contributed by atoms with E-state index in [9.17, 15) is 13.2 Å². The molecule has 1 aliphatic rings. The van der Waals surface area contributed by atoms with Crippen LogP contribution in [0.15, 0.2) is 53.4 Å². The Kier molecular flexibility index (Phi) is 4.23. The highest BCUT2D eigenvalue weighted by Crippen LogP contribution is 2.43. The quantitative estimate of drug-likeness (QED) is 0.889. The molecule has 2 aromatic carbocycles. The normalized spacial score (nSPS) is 16.9. The Hall–Kier alpha value is -2.15. The fourth-order valence-electron chi connectivity index (χ4n) is 2.67. The van der Waals surface area contributed by atoms with Gasteiger partial charge in [-0.05, 0) is 37.6 Å². The topological polar surface area (TPSA) is 86.5 Å². The van der Waals surface area contributed by atoms with E-state index in [4.69, 9.17) is 21.5 Å². The summed E-state index contributed by atoms with van der Waals surface area (Å²) in [5.41, 5.74) is 0.519. The van der Waals surface area contributed by atoms with Crippen LogP contribution in [-0.4, -0.2) is 19.8 Å². The average Bonchev–Trinajstić information content (AvgIpc) is 2.77. The lowest BCUT2D eigenvalue weighted by atomic mass is 9.93. The van der Waals surface area contributed by atoms with E-state index < -0.39 is 15.6 Å². The third-order valence-corrected chi connectivity index (χ3v) is 5.16. The number of hydrogen-bond acceptors (Lipinski definition) is 4. The van der Waals surface area contributed by atoms with Gasteiger partial charge in [-0.3, -0.25) is 4.79 Å². The van der Waals surface area contributed by atoms with Crippen molar-refractivity contribution in [3.05, 3.63) is 64.7 Å². The zero-order valence-corrected chi connectivity index (χ0v) is 15.2. The molecule has 0 unspecified atom stereocenters. The second-order valence-corrected chi connectivity index (χ2v) is 8.17. The molecule has 0 atom stereocenters. The highest BCUT2D eigenvalue weighted by atomic mass is 35.5. The molecule has 2 N–H and O–H groups in total. The predicted octanol–water partition coefficient (Wildman–Crippen LogP) is 3.23. The van der Waals surface area contributed by atoms with Crippen LogP contribution in [0.2, 0.25) is 5.02 Å². The molecule has 3 rings (SSSR count). The van der Waals surface area contributed by atoms with Crippen LogP contribution in [0.25, 0.3) is 11.3 Å². The highest BCUT2D eigenvalue weighted by Gasteiger charge is 2.43.